The van der Waals surface area contributed by atoms with E-state index >= 15 is 0 Å². The van der Waals surface area contributed by atoms with Crippen LogP contribution in [0.3, 0.4) is 0 Å². The lowest BCUT2D eigenvalue weighted by Crippen LogP contribution is -2.56. The Morgan fingerprint density at radius 2 is 1.38 bits per heavy atom. The molecular weight excluding hydrogens is 204 g/mol. The standard InChI is InChI=1S/C13H28O3/c1-4-7-8-9-10-12(15,5-2)13(16,6-3)11-14/h14-16H,4-11H2,1-3H3. The number of aliphatic hydroxyl groups is 3. The maximum Gasteiger partial charge on any atom is 0.116 e. The Morgan fingerprint density at radius 3 is 1.75 bits per heavy atom. The van der Waals surface area contributed by atoms with Crippen LogP contribution in [-0.2, 0) is 0 Å². The second-order valence-electron chi connectivity index (χ2n) is 4.74. The highest BCUT2D eigenvalue weighted by atomic mass is 16.4. The Morgan fingerprint density at radius 1 is 0.812 bits per heavy atom. The molecular formula is C13H28O3. The Kier molecular flexibility index (Phi) is 7.20. The summed E-state index contributed by atoms with van der Waals surface area (Å²) in [6.45, 7) is 5.42. The van der Waals surface area contributed by atoms with Gasteiger partial charge in [0.05, 0.1) is 12.2 Å². The van der Waals surface area contributed by atoms with Crippen LogP contribution in [0.2, 0.25) is 0 Å². The van der Waals surface area contributed by atoms with Crippen LogP contribution in [0.4, 0.5) is 0 Å². The van der Waals surface area contributed by atoms with E-state index in [0.29, 0.717) is 19.3 Å². The molecule has 2 atom stereocenters. The van der Waals surface area contributed by atoms with Crippen molar-refractivity contribution in [3.05, 3.63) is 0 Å². The minimum absolute atomic E-state index is 0.373. The average Bonchev–Trinajstić information content (AvgIpc) is 2.33. The third-order valence-corrected chi connectivity index (χ3v) is 3.74. The van der Waals surface area contributed by atoms with E-state index in [2.05, 4.69) is 6.92 Å². The first-order valence-corrected chi connectivity index (χ1v) is 6.55. The van der Waals surface area contributed by atoms with Crippen molar-refractivity contribution in [3.8, 4) is 0 Å². The van der Waals surface area contributed by atoms with Crippen molar-refractivity contribution >= 4 is 0 Å². The summed E-state index contributed by atoms with van der Waals surface area (Å²) < 4.78 is 0. The van der Waals surface area contributed by atoms with Gasteiger partial charge in [-0.15, -0.1) is 0 Å². The molecule has 98 valence electrons. The zero-order valence-electron chi connectivity index (χ0n) is 11.0. The number of aliphatic hydroxyl groups excluding tert-OH is 1. The molecule has 0 spiro atoms. The molecule has 0 aromatic carbocycles. The topological polar surface area (TPSA) is 60.7 Å². The maximum absolute atomic E-state index is 10.4. The molecule has 0 rings (SSSR count). The van der Waals surface area contributed by atoms with Gasteiger partial charge in [0.2, 0.25) is 0 Å². The molecule has 16 heavy (non-hydrogen) atoms. The monoisotopic (exact) mass is 232 g/mol. The number of unbranched alkanes of at least 4 members (excludes halogenated alkanes) is 3. The third kappa shape index (κ3) is 3.72. The fourth-order valence-electron chi connectivity index (χ4n) is 2.17. The van der Waals surface area contributed by atoms with E-state index in [-0.39, 0.29) is 6.61 Å². The Bertz CT molecular complexity index is 178. The van der Waals surface area contributed by atoms with Crippen LogP contribution in [0.15, 0.2) is 0 Å². The molecule has 0 saturated heterocycles. The molecule has 3 heteroatoms. The minimum Gasteiger partial charge on any atom is -0.393 e. The molecule has 0 amide bonds. The predicted molar refractivity (Wildman–Crippen MR) is 66.3 cm³/mol. The summed E-state index contributed by atoms with van der Waals surface area (Å²) in [5.74, 6) is 0. The fraction of sp³-hybridized carbons (Fsp3) is 1.00. The summed E-state index contributed by atoms with van der Waals surface area (Å²) >= 11 is 0. The Labute approximate surface area is 99.5 Å². The van der Waals surface area contributed by atoms with Crippen LogP contribution in [-0.4, -0.2) is 33.1 Å². The quantitative estimate of drug-likeness (QED) is 0.534. The van der Waals surface area contributed by atoms with Crippen LogP contribution >= 0.6 is 0 Å². The highest BCUT2D eigenvalue weighted by Gasteiger charge is 2.45. The first-order chi connectivity index (χ1) is 7.49. The average molecular weight is 232 g/mol. The molecule has 0 heterocycles. The van der Waals surface area contributed by atoms with Crippen molar-refractivity contribution in [2.24, 2.45) is 0 Å². The lowest BCUT2D eigenvalue weighted by molar-refractivity contribution is -0.179. The zero-order chi connectivity index (χ0) is 12.7. The Hall–Kier alpha value is -0.120. The lowest BCUT2D eigenvalue weighted by Gasteiger charge is -2.42. The fourth-order valence-corrected chi connectivity index (χ4v) is 2.17. The van der Waals surface area contributed by atoms with E-state index in [1.54, 1.807) is 6.92 Å². The molecule has 2 unspecified atom stereocenters. The largest absolute Gasteiger partial charge is 0.393 e. The van der Waals surface area contributed by atoms with Crippen LogP contribution in [0.5, 0.6) is 0 Å². The van der Waals surface area contributed by atoms with Gasteiger partial charge in [-0.05, 0) is 19.3 Å². The Balaban J connectivity index is 4.39. The molecule has 0 fully saturated rings. The molecule has 0 aliphatic carbocycles. The molecule has 3 N–H and O–H groups in total. The van der Waals surface area contributed by atoms with Crippen LogP contribution in [0.1, 0.15) is 65.7 Å². The third-order valence-electron chi connectivity index (χ3n) is 3.74. The summed E-state index contributed by atoms with van der Waals surface area (Å²) in [6, 6.07) is 0. The van der Waals surface area contributed by atoms with Gasteiger partial charge in [-0.1, -0.05) is 46.5 Å². The SMILES string of the molecule is CCCCCCC(O)(CC)C(O)(CC)CO. The highest BCUT2D eigenvalue weighted by Crippen LogP contribution is 2.33. The number of hydrogen-bond acceptors (Lipinski definition) is 3. The van der Waals surface area contributed by atoms with Gasteiger partial charge in [-0.3, -0.25) is 0 Å². The molecule has 0 radical (unpaired) electrons. The molecule has 0 aromatic rings. The smallest absolute Gasteiger partial charge is 0.116 e. The summed E-state index contributed by atoms with van der Waals surface area (Å²) in [7, 11) is 0. The summed E-state index contributed by atoms with van der Waals surface area (Å²) in [5.41, 5.74) is -2.50. The lowest BCUT2D eigenvalue weighted by atomic mass is 9.76. The van der Waals surface area contributed by atoms with Crippen molar-refractivity contribution in [1.29, 1.82) is 0 Å². The molecule has 0 saturated carbocycles. The van der Waals surface area contributed by atoms with Crippen LogP contribution in [0, 0.1) is 0 Å². The van der Waals surface area contributed by atoms with Gasteiger partial charge in [-0.2, -0.15) is 0 Å². The summed E-state index contributed by atoms with van der Waals surface area (Å²) in [4.78, 5) is 0. The normalized spacial score (nSPS) is 19.1. The number of hydrogen-bond donors (Lipinski definition) is 3. The van der Waals surface area contributed by atoms with Crippen LogP contribution < -0.4 is 0 Å². The first-order valence-electron chi connectivity index (χ1n) is 6.55. The van der Waals surface area contributed by atoms with E-state index in [4.69, 9.17) is 0 Å². The van der Waals surface area contributed by atoms with Gasteiger partial charge in [0.15, 0.2) is 0 Å². The maximum atomic E-state index is 10.4. The van der Waals surface area contributed by atoms with E-state index in [0.717, 1.165) is 25.7 Å². The molecule has 0 aliphatic rings. The van der Waals surface area contributed by atoms with Crippen LogP contribution in [0.25, 0.3) is 0 Å². The van der Waals surface area contributed by atoms with E-state index < -0.39 is 11.2 Å². The highest BCUT2D eigenvalue weighted by molar-refractivity contribution is 4.97. The molecule has 0 aliphatic heterocycles. The van der Waals surface area contributed by atoms with Crippen molar-refractivity contribution < 1.29 is 15.3 Å². The van der Waals surface area contributed by atoms with E-state index in [9.17, 15) is 15.3 Å². The van der Waals surface area contributed by atoms with Gasteiger partial charge >= 0.3 is 0 Å². The first kappa shape index (κ1) is 15.9. The van der Waals surface area contributed by atoms with Gasteiger partial charge in [0.25, 0.3) is 0 Å². The van der Waals surface area contributed by atoms with Gasteiger partial charge in [0, 0.05) is 0 Å². The number of rotatable bonds is 9. The van der Waals surface area contributed by atoms with Crippen molar-refractivity contribution in [3.63, 3.8) is 0 Å². The van der Waals surface area contributed by atoms with E-state index in [1.165, 1.54) is 0 Å². The summed E-state index contributed by atoms with van der Waals surface area (Å²) in [5, 5.41) is 29.9. The molecule has 0 bridgehead atoms. The second-order valence-corrected chi connectivity index (χ2v) is 4.74. The van der Waals surface area contributed by atoms with Crippen molar-refractivity contribution in [2.75, 3.05) is 6.61 Å². The second kappa shape index (κ2) is 7.25. The predicted octanol–water partition coefficient (Wildman–Crippen LogP) is 2.23. The summed E-state index contributed by atoms with van der Waals surface area (Å²) in [6.07, 6.45) is 5.70. The zero-order valence-corrected chi connectivity index (χ0v) is 11.0. The van der Waals surface area contributed by atoms with Gasteiger partial charge in [0.1, 0.15) is 5.60 Å². The minimum atomic E-state index is -1.35. The molecule has 3 nitrogen and oxygen atoms in total. The van der Waals surface area contributed by atoms with Crippen molar-refractivity contribution in [2.45, 2.75) is 76.9 Å². The van der Waals surface area contributed by atoms with Gasteiger partial charge in [-0.25, -0.2) is 0 Å². The van der Waals surface area contributed by atoms with Gasteiger partial charge < -0.3 is 15.3 Å². The van der Waals surface area contributed by atoms with E-state index in [1.807, 2.05) is 6.92 Å². The molecule has 0 aromatic heterocycles. The van der Waals surface area contributed by atoms with Crippen molar-refractivity contribution in [1.82, 2.24) is 0 Å².